The minimum Gasteiger partial charge on any atom is -0.489 e. The lowest BCUT2D eigenvalue weighted by Crippen LogP contribution is -2.27. The number of nitrogens with one attached hydrogen (secondary N) is 2. The highest BCUT2D eigenvalue weighted by Crippen LogP contribution is 2.17. The molecular weight excluding hydrogens is 340 g/mol. The summed E-state index contributed by atoms with van der Waals surface area (Å²) in [7, 11) is 0. The first kappa shape index (κ1) is 18.0. The van der Waals surface area contributed by atoms with Crippen LogP contribution in [0.5, 0.6) is 5.75 Å². The highest BCUT2D eigenvalue weighted by molar-refractivity contribution is 7.80. The maximum absolute atomic E-state index is 5.79. The molecule has 0 atom stereocenters. The van der Waals surface area contributed by atoms with Gasteiger partial charge in [-0.25, -0.2) is 0 Å². The molecule has 132 valence electrons. The van der Waals surface area contributed by atoms with Gasteiger partial charge in [-0.3, -0.25) is 0 Å². The molecule has 2 N–H and O–H groups in total. The summed E-state index contributed by atoms with van der Waals surface area (Å²) in [6.07, 6.45) is 0. The highest BCUT2D eigenvalue weighted by Gasteiger charge is 2.00. The molecule has 0 saturated carbocycles. The Labute approximate surface area is 160 Å². The van der Waals surface area contributed by atoms with Crippen LogP contribution in [0, 0.1) is 6.92 Å². The third-order valence-corrected chi connectivity index (χ3v) is 4.18. The number of thiocarbonyl (C=S) groups is 1. The standard InChI is InChI=1S/C22H22N2OS/c1-17-7-9-18(10-8-17)15-23-22(26)24-20-11-13-21(14-12-20)25-16-19-5-3-2-4-6-19/h2-14H,15-16H2,1H3,(H2,23,24,26). The van der Waals surface area contributed by atoms with Crippen molar-refractivity contribution in [2.45, 2.75) is 20.1 Å². The van der Waals surface area contributed by atoms with Gasteiger partial charge in [-0.05, 0) is 54.5 Å². The number of ether oxygens (including phenoxy) is 1. The van der Waals surface area contributed by atoms with Gasteiger partial charge in [0, 0.05) is 12.2 Å². The summed E-state index contributed by atoms with van der Waals surface area (Å²) in [5.41, 5.74) is 4.53. The summed E-state index contributed by atoms with van der Waals surface area (Å²) in [4.78, 5) is 0. The fourth-order valence-electron chi connectivity index (χ4n) is 2.44. The quantitative estimate of drug-likeness (QED) is 0.601. The molecule has 0 aliphatic rings. The molecule has 26 heavy (non-hydrogen) atoms. The van der Waals surface area contributed by atoms with Crippen LogP contribution in [0.2, 0.25) is 0 Å². The molecular formula is C22H22N2OS. The molecule has 3 aromatic rings. The molecule has 0 unspecified atom stereocenters. The zero-order valence-corrected chi connectivity index (χ0v) is 15.6. The van der Waals surface area contributed by atoms with Gasteiger partial charge in [0.05, 0.1) is 0 Å². The number of hydrogen-bond donors (Lipinski definition) is 2. The Hall–Kier alpha value is -2.85. The van der Waals surface area contributed by atoms with Gasteiger partial charge in [-0.2, -0.15) is 0 Å². The molecule has 0 aliphatic carbocycles. The topological polar surface area (TPSA) is 33.3 Å². The zero-order valence-electron chi connectivity index (χ0n) is 14.7. The van der Waals surface area contributed by atoms with Crippen molar-refractivity contribution < 1.29 is 4.74 Å². The summed E-state index contributed by atoms with van der Waals surface area (Å²) >= 11 is 5.36. The lowest BCUT2D eigenvalue weighted by Gasteiger charge is -2.12. The SMILES string of the molecule is Cc1ccc(CNC(=S)Nc2ccc(OCc3ccccc3)cc2)cc1. The average Bonchev–Trinajstić information content (AvgIpc) is 2.68. The molecule has 3 nitrogen and oxygen atoms in total. The van der Waals surface area contributed by atoms with Crippen LogP contribution in [-0.2, 0) is 13.2 Å². The second-order valence-corrected chi connectivity index (χ2v) is 6.50. The molecule has 0 aromatic heterocycles. The second kappa shape index (κ2) is 9.02. The Morgan fingerprint density at radius 3 is 2.23 bits per heavy atom. The second-order valence-electron chi connectivity index (χ2n) is 6.09. The van der Waals surface area contributed by atoms with Gasteiger partial charge in [-0.15, -0.1) is 0 Å². The fourth-order valence-corrected chi connectivity index (χ4v) is 2.63. The van der Waals surface area contributed by atoms with Crippen molar-refractivity contribution in [3.05, 3.63) is 95.6 Å². The van der Waals surface area contributed by atoms with E-state index in [0.29, 0.717) is 18.3 Å². The summed E-state index contributed by atoms with van der Waals surface area (Å²) in [5, 5.41) is 7.01. The van der Waals surface area contributed by atoms with Gasteiger partial charge in [0.2, 0.25) is 0 Å². The van der Waals surface area contributed by atoms with E-state index in [4.69, 9.17) is 17.0 Å². The maximum Gasteiger partial charge on any atom is 0.171 e. The van der Waals surface area contributed by atoms with Crippen molar-refractivity contribution in [1.82, 2.24) is 5.32 Å². The third-order valence-electron chi connectivity index (χ3n) is 3.93. The van der Waals surface area contributed by atoms with Crippen LogP contribution in [0.25, 0.3) is 0 Å². The van der Waals surface area contributed by atoms with Crippen LogP contribution in [0.15, 0.2) is 78.9 Å². The van der Waals surface area contributed by atoms with E-state index in [9.17, 15) is 0 Å². The van der Waals surface area contributed by atoms with Crippen LogP contribution < -0.4 is 15.4 Å². The molecule has 4 heteroatoms. The van der Waals surface area contributed by atoms with Gasteiger partial charge in [0.1, 0.15) is 12.4 Å². The lowest BCUT2D eigenvalue weighted by atomic mass is 10.1. The number of benzene rings is 3. The number of rotatable bonds is 6. The van der Waals surface area contributed by atoms with E-state index in [0.717, 1.165) is 17.0 Å². The van der Waals surface area contributed by atoms with Gasteiger partial charge in [-0.1, -0.05) is 60.2 Å². The van der Waals surface area contributed by atoms with Crippen LogP contribution in [0.3, 0.4) is 0 Å². The van der Waals surface area contributed by atoms with Crippen LogP contribution in [-0.4, -0.2) is 5.11 Å². The zero-order chi connectivity index (χ0) is 18.2. The monoisotopic (exact) mass is 362 g/mol. The third kappa shape index (κ3) is 5.60. The molecule has 0 aliphatic heterocycles. The van der Waals surface area contributed by atoms with Crippen molar-refractivity contribution in [1.29, 1.82) is 0 Å². The number of anilines is 1. The Morgan fingerprint density at radius 1 is 0.846 bits per heavy atom. The van der Waals surface area contributed by atoms with Gasteiger partial charge in [0.15, 0.2) is 5.11 Å². The van der Waals surface area contributed by atoms with Gasteiger partial charge in [0.25, 0.3) is 0 Å². The Balaban J connectivity index is 1.45. The van der Waals surface area contributed by atoms with Crippen molar-refractivity contribution in [2.24, 2.45) is 0 Å². The summed E-state index contributed by atoms with van der Waals surface area (Å²) in [5.74, 6) is 0.831. The average molecular weight is 362 g/mol. The highest BCUT2D eigenvalue weighted by atomic mass is 32.1. The first-order valence-electron chi connectivity index (χ1n) is 8.56. The first-order chi connectivity index (χ1) is 12.7. The number of aryl methyl sites for hydroxylation is 1. The van der Waals surface area contributed by atoms with Crippen LogP contribution >= 0.6 is 12.2 Å². The lowest BCUT2D eigenvalue weighted by molar-refractivity contribution is 0.306. The van der Waals surface area contributed by atoms with E-state index >= 15 is 0 Å². The van der Waals surface area contributed by atoms with E-state index in [1.54, 1.807) is 0 Å². The van der Waals surface area contributed by atoms with E-state index in [2.05, 4.69) is 41.8 Å². The van der Waals surface area contributed by atoms with Crippen LogP contribution in [0.4, 0.5) is 5.69 Å². The van der Waals surface area contributed by atoms with Crippen LogP contribution in [0.1, 0.15) is 16.7 Å². The predicted octanol–water partition coefficient (Wildman–Crippen LogP) is 5.06. The summed E-state index contributed by atoms with van der Waals surface area (Å²) in [6, 6.07) is 26.3. The molecule has 3 rings (SSSR count). The molecule has 0 fully saturated rings. The smallest absolute Gasteiger partial charge is 0.171 e. The molecule has 0 radical (unpaired) electrons. The van der Waals surface area contributed by atoms with E-state index in [1.165, 1.54) is 11.1 Å². The van der Waals surface area contributed by atoms with Crippen molar-refractivity contribution in [2.75, 3.05) is 5.32 Å². The summed E-state index contributed by atoms with van der Waals surface area (Å²) in [6.45, 7) is 3.34. The molecule has 0 bridgehead atoms. The summed E-state index contributed by atoms with van der Waals surface area (Å²) < 4.78 is 5.79. The Bertz CT molecular complexity index is 830. The minimum absolute atomic E-state index is 0.560. The normalized spacial score (nSPS) is 10.2. The van der Waals surface area contributed by atoms with E-state index in [1.807, 2.05) is 54.6 Å². The molecule has 0 amide bonds. The van der Waals surface area contributed by atoms with Crippen molar-refractivity contribution in [3.8, 4) is 5.75 Å². The van der Waals surface area contributed by atoms with E-state index < -0.39 is 0 Å². The molecule has 0 saturated heterocycles. The molecule has 0 spiro atoms. The first-order valence-corrected chi connectivity index (χ1v) is 8.97. The maximum atomic E-state index is 5.79. The van der Waals surface area contributed by atoms with Gasteiger partial charge >= 0.3 is 0 Å². The number of hydrogen-bond acceptors (Lipinski definition) is 2. The Kier molecular flexibility index (Phi) is 6.23. The largest absolute Gasteiger partial charge is 0.489 e. The van der Waals surface area contributed by atoms with Crippen molar-refractivity contribution >= 4 is 23.0 Å². The van der Waals surface area contributed by atoms with E-state index in [-0.39, 0.29) is 0 Å². The minimum atomic E-state index is 0.560. The van der Waals surface area contributed by atoms with Gasteiger partial charge < -0.3 is 15.4 Å². The fraction of sp³-hybridized carbons (Fsp3) is 0.136. The van der Waals surface area contributed by atoms with Crippen molar-refractivity contribution in [3.63, 3.8) is 0 Å². The Morgan fingerprint density at radius 2 is 1.54 bits per heavy atom. The molecule has 3 aromatic carbocycles. The predicted molar refractivity (Wildman–Crippen MR) is 111 cm³/mol. The molecule has 0 heterocycles.